The number of ether oxygens (including phenoxy) is 1. The van der Waals surface area contributed by atoms with Crippen molar-refractivity contribution in [3.63, 3.8) is 0 Å². The summed E-state index contributed by atoms with van der Waals surface area (Å²) in [6.45, 7) is -0.229. The van der Waals surface area contributed by atoms with Crippen LogP contribution in [0.3, 0.4) is 0 Å². The predicted octanol–water partition coefficient (Wildman–Crippen LogP) is 1.16. The maximum absolute atomic E-state index is 9.63. The van der Waals surface area contributed by atoms with Crippen molar-refractivity contribution in [2.75, 3.05) is 13.7 Å². The number of nitrogens with two attached hydrogens (primary N) is 1. The SMILES string of the molecule is COc1cc(Br)c(O)c([C@@H](N)CO)c1. The number of rotatable bonds is 3. The summed E-state index contributed by atoms with van der Waals surface area (Å²) in [5.74, 6) is 0.612. The van der Waals surface area contributed by atoms with Gasteiger partial charge >= 0.3 is 0 Å². The zero-order valence-electron chi connectivity index (χ0n) is 7.70. The minimum absolute atomic E-state index is 0.0346. The normalized spacial score (nSPS) is 12.6. The molecule has 0 saturated heterocycles. The first-order valence-electron chi connectivity index (χ1n) is 4.03. The van der Waals surface area contributed by atoms with E-state index in [4.69, 9.17) is 15.6 Å². The van der Waals surface area contributed by atoms with Crippen LogP contribution < -0.4 is 10.5 Å². The highest BCUT2D eigenvalue weighted by Crippen LogP contribution is 2.35. The number of aromatic hydroxyl groups is 1. The van der Waals surface area contributed by atoms with Crippen molar-refractivity contribution < 1.29 is 14.9 Å². The van der Waals surface area contributed by atoms with Crippen molar-refractivity contribution in [1.82, 2.24) is 0 Å². The number of aliphatic hydroxyl groups is 1. The number of hydrogen-bond donors (Lipinski definition) is 3. The molecule has 14 heavy (non-hydrogen) atoms. The van der Waals surface area contributed by atoms with E-state index in [0.717, 1.165) is 0 Å². The second-order valence-electron chi connectivity index (χ2n) is 2.84. The molecule has 78 valence electrons. The fraction of sp³-hybridized carbons (Fsp3) is 0.333. The highest BCUT2D eigenvalue weighted by Gasteiger charge is 2.14. The number of methoxy groups -OCH3 is 1. The first kappa shape index (κ1) is 11.3. The predicted molar refractivity (Wildman–Crippen MR) is 56.4 cm³/mol. The average Bonchev–Trinajstić information content (AvgIpc) is 2.20. The third kappa shape index (κ3) is 2.17. The Balaban J connectivity index is 3.20. The quantitative estimate of drug-likeness (QED) is 0.763. The molecule has 1 atom stereocenters. The van der Waals surface area contributed by atoms with E-state index in [2.05, 4.69) is 15.9 Å². The summed E-state index contributed by atoms with van der Waals surface area (Å²) in [4.78, 5) is 0. The van der Waals surface area contributed by atoms with Crippen LogP contribution in [0, 0.1) is 0 Å². The van der Waals surface area contributed by atoms with Crippen LogP contribution in [0.2, 0.25) is 0 Å². The van der Waals surface area contributed by atoms with Crippen LogP contribution in [0.1, 0.15) is 11.6 Å². The van der Waals surface area contributed by atoms with E-state index in [9.17, 15) is 5.11 Å². The summed E-state index contributed by atoms with van der Waals surface area (Å²) < 4.78 is 5.50. The molecule has 0 spiro atoms. The molecule has 0 aliphatic rings. The van der Waals surface area contributed by atoms with Gasteiger partial charge in [0.25, 0.3) is 0 Å². The molecule has 4 nitrogen and oxygen atoms in total. The Morgan fingerprint density at radius 1 is 1.57 bits per heavy atom. The topological polar surface area (TPSA) is 75.7 Å². The molecule has 5 heteroatoms. The van der Waals surface area contributed by atoms with Crippen LogP contribution >= 0.6 is 15.9 Å². The van der Waals surface area contributed by atoms with E-state index in [0.29, 0.717) is 15.8 Å². The molecule has 0 aromatic heterocycles. The maximum Gasteiger partial charge on any atom is 0.134 e. The number of aliphatic hydroxyl groups excluding tert-OH is 1. The van der Waals surface area contributed by atoms with Gasteiger partial charge in [-0.15, -0.1) is 0 Å². The number of hydrogen-bond acceptors (Lipinski definition) is 4. The minimum atomic E-state index is -0.610. The average molecular weight is 262 g/mol. The second-order valence-corrected chi connectivity index (χ2v) is 3.69. The molecular formula is C9H12BrNO3. The highest BCUT2D eigenvalue weighted by molar-refractivity contribution is 9.10. The lowest BCUT2D eigenvalue weighted by Crippen LogP contribution is -2.14. The van der Waals surface area contributed by atoms with Crippen molar-refractivity contribution in [3.05, 3.63) is 22.2 Å². The zero-order chi connectivity index (χ0) is 10.7. The maximum atomic E-state index is 9.63. The van der Waals surface area contributed by atoms with Crippen LogP contribution in [0.15, 0.2) is 16.6 Å². The van der Waals surface area contributed by atoms with Gasteiger partial charge in [0, 0.05) is 5.56 Å². The van der Waals surface area contributed by atoms with Crippen molar-refractivity contribution >= 4 is 15.9 Å². The summed E-state index contributed by atoms with van der Waals surface area (Å²) in [5, 5.41) is 18.5. The minimum Gasteiger partial charge on any atom is -0.506 e. The van der Waals surface area contributed by atoms with Gasteiger partial charge in [0.2, 0.25) is 0 Å². The van der Waals surface area contributed by atoms with E-state index in [1.165, 1.54) is 7.11 Å². The molecule has 4 N–H and O–H groups in total. The first-order chi connectivity index (χ1) is 6.60. The lowest BCUT2D eigenvalue weighted by Gasteiger charge is -2.13. The third-order valence-electron chi connectivity index (χ3n) is 1.90. The van der Waals surface area contributed by atoms with Gasteiger partial charge in [0.05, 0.1) is 24.2 Å². The molecule has 0 heterocycles. The lowest BCUT2D eigenvalue weighted by atomic mass is 10.1. The van der Waals surface area contributed by atoms with Gasteiger partial charge in [-0.1, -0.05) is 0 Å². The summed E-state index contributed by atoms with van der Waals surface area (Å²) in [6, 6.07) is 2.62. The van der Waals surface area contributed by atoms with Gasteiger partial charge in [-0.25, -0.2) is 0 Å². The Labute approximate surface area is 90.4 Å². The van der Waals surface area contributed by atoms with Crippen LogP contribution in [-0.4, -0.2) is 23.9 Å². The molecule has 0 unspecified atom stereocenters. The van der Waals surface area contributed by atoms with Crippen LogP contribution in [-0.2, 0) is 0 Å². The molecule has 1 aromatic rings. The van der Waals surface area contributed by atoms with Gasteiger partial charge in [-0.05, 0) is 28.1 Å². The van der Waals surface area contributed by atoms with Gasteiger partial charge in [0.1, 0.15) is 11.5 Å². The lowest BCUT2D eigenvalue weighted by molar-refractivity contribution is 0.264. The highest BCUT2D eigenvalue weighted by atomic mass is 79.9. The molecule has 0 amide bonds. The van der Waals surface area contributed by atoms with Gasteiger partial charge in [-0.3, -0.25) is 0 Å². The summed E-state index contributed by atoms with van der Waals surface area (Å²) in [6.07, 6.45) is 0. The standard InChI is InChI=1S/C9H12BrNO3/c1-14-5-2-6(8(11)4-12)9(13)7(10)3-5/h2-3,8,12-13H,4,11H2,1H3/t8-/m0/s1. The summed E-state index contributed by atoms with van der Waals surface area (Å²) >= 11 is 3.17. The Morgan fingerprint density at radius 2 is 2.21 bits per heavy atom. The summed E-state index contributed by atoms with van der Waals surface area (Å²) in [7, 11) is 1.52. The smallest absolute Gasteiger partial charge is 0.134 e. The fourth-order valence-corrected chi connectivity index (χ4v) is 1.55. The van der Waals surface area contributed by atoms with E-state index in [1.807, 2.05) is 0 Å². The number of phenolic OH excluding ortho intramolecular Hbond substituents is 1. The molecule has 0 bridgehead atoms. The van der Waals surface area contributed by atoms with Crippen LogP contribution in [0.4, 0.5) is 0 Å². The molecule has 1 rings (SSSR count). The molecule has 0 aliphatic heterocycles. The Kier molecular flexibility index (Phi) is 3.74. The Bertz CT molecular complexity index is 330. The van der Waals surface area contributed by atoms with Crippen molar-refractivity contribution in [1.29, 1.82) is 0 Å². The van der Waals surface area contributed by atoms with Gasteiger partial charge < -0.3 is 20.7 Å². The van der Waals surface area contributed by atoms with E-state index >= 15 is 0 Å². The number of phenols is 1. The molecular weight excluding hydrogens is 250 g/mol. The van der Waals surface area contributed by atoms with Crippen LogP contribution in [0.5, 0.6) is 11.5 Å². The van der Waals surface area contributed by atoms with Gasteiger partial charge in [-0.2, -0.15) is 0 Å². The fourth-order valence-electron chi connectivity index (χ4n) is 1.09. The Hall–Kier alpha value is -0.780. The molecule has 0 saturated carbocycles. The van der Waals surface area contributed by atoms with E-state index in [-0.39, 0.29) is 12.4 Å². The second kappa shape index (κ2) is 4.63. The largest absolute Gasteiger partial charge is 0.506 e. The molecule has 0 radical (unpaired) electrons. The first-order valence-corrected chi connectivity index (χ1v) is 4.82. The molecule has 0 fully saturated rings. The molecule has 1 aromatic carbocycles. The van der Waals surface area contributed by atoms with Crippen LogP contribution in [0.25, 0.3) is 0 Å². The van der Waals surface area contributed by atoms with Crippen molar-refractivity contribution in [3.8, 4) is 11.5 Å². The van der Waals surface area contributed by atoms with Crippen molar-refractivity contribution in [2.45, 2.75) is 6.04 Å². The summed E-state index contributed by atoms with van der Waals surface area (Å²) in [5.41, 5.74) is 6.06. The Morgan fingerprint density at radius 3 is 2.71 bits per heavy atom. The van der Waals surface area contributed by atoms with Gasteiger partial charge in [0.15, 0.2) is 0 Å². The van der Waals surface area contributed by atoms with Crippen molar-refractivity contribution in [2.24, 2.45) is 5.73 Å². The van der Waals surface area contributed by atoms with E-state index in [1.54, 1.807) is 12.1 Å². The third-order valence-corrected chi connectivity index (χ3v) is 2.50. The number of benzene rings is 1. The van der Waals surface area contributed by atoms with E-state index < -0.39 is 6.04 Å². The molecule has 0 aliphatic carbocycles. The zero-order valence-corrected chi connectivity index (χ0v) is 9.28. The monoisotopic (exact) mass is 261 g/mol. The number of halogens is 1.